The maximum atomic E-state index is 13.5. The zero-order valence-electron chi connectivity index (χ0n) is 19.0. The summed E-state index contributed by atoms with van der Waals surface area (Å²) >= 11 is 5.80. The molecule has 5 nitrogen and oxygen atoms in total. The van der Waals surface area contributed by atoms with Crippen molar-refractivity contribution in [3.8, 4) is 0 Å². The summed E-state index contributed by atoms with van der Waals surface area (Å²) < 4.78 is 73.9. The molecule has 1 heterocycles. The molecule has 0 spiro atoms. The monoisotopic (exact) mass is 527 g/mol. The molecular weight excluding hydrogens is 503 g/mol. The Hall–Kier alpha value is -2.62. The number of esters is 1. The van der Waals surface area contributed by atoms with Crippen LogP contribution in [0.25, 0.3) is 5.57 Å². The number of benzene rings is 2. The van der Waals surface area contributed by atoms with E-state index in [1.807, 2.05) is 0 Å². The number of hydrogen-bond acceptors (Lipinski definition) is 4. The Balaban J connectivity index is 2.19. The van der Waals surface area contributed by atoms with Gasteiger partial charge in [0, 0.05) is 6.54 Å². The molecule has 1 aliphatic rings. The van der Waals surface area contributed by atoms with E-state index in [-0.39, 0.29) is 42.9 Å². The van der Waals surface area contributed by atoms with Crippen molar-refractivity contribution in [3.63, 3.8) is 0 Å². The normalized spacial score (nSPS) is 17.3. The van der Waals surface area contributed by atoms with Crippen LogP contribution in [-0.2, 0) is 25.7 Å². The highest BCUT2D eigenvalue weighted by Gasteiger charge is 2.39. The number of rotatable bonds is 8. The number of carbonyl (C=O) groups is 1. The lowest BCUT2D eigenvalue weighted by Crippen LogP contribution is -2.45. The van der Waals surface area contributed by atoms with Crippen molar-refractivity contribution < 1.29 is 31.1 Å². The first-order chi connectivity index (χ1) is 16.5. The molecule has 0 bridgehead atoms. The van der Waals surface area contributed by atoms with Gasteiger partial charge in [-0.15, -0.1) is 6.58 Å². The molecule has 0 aliphatic carbocycles. The minimum Gasteiger partial charge on any atom is -0.466 e. The highest BCUT2D eigenvalue weighted by atomic mass is 35.5. The van der Waals surface area contributed by atoms with E-state index >= 15 is 0 Å². The molecule has 0 saturated heterocycles. The van der Waals surface area contributed by atoms with E-state index < -0.39 is 38.8 Å². The van der Waals surface area contributed by atoms with Crippen LogP contribution < -0.4 is 0 Å². The third-order valence-corrected chi connectivity index (χ3v) is 7.97. The minimum absolute atomic E-state index is 0.0152. The molecule has 0 aromatic heterocycles. The zero-order valence-corrected chi connectivity index (χ0v) is 20.6. The van der Waals surface area contributed by atoms with Gasteiger partial charge in [-0.3, -0.25) is 4.79 Å². The molecule has 3 rings (SSSR count). The molecule has 0 radical (unpaired) electrons. The van der Waals surface area contributed by atoms with Crippen LogP contribution in [0.4, 0.5) is 13.2 Å². The summed E-state index contributed by atoms with van der Waals surface area (Å²) in [5.41, 5.74) is 0.0715. The first kappa shape index (κ1) is 27.0. The first-order valence-corrected chi connectivity index (χ1v) is 12.7. The molecule has 35 heavy (non-hydrogen) atoms. The average Bonchev–Trinajstić information content (AvgIpc) is 2.80. The summed E-state index contributed by atoms with van der Waals surface area (Å²) in [4.78, 5) is 12.6. The maximum Gasteiger partial charge on any atom is 0.417 e. The van der Waals surface area contributed by atoms with Gasteiger partial charge < -0.3 is 4.74 Å². The molecule has 2 aromatic rings. The molecule has 0 saturated carbocycles. The Morgan fingerprint density at radius 2 is 1.91 bits per heavy atom. The van der Waals surface area contributed by atoms with Gasteiger partial charge in [0.15, 0.2) is 0 Å². The number of ether oxygens (including phenoxy) is 1. The van der Waals surface area contributed by atoms with Crippen molar-refractivity contribution in [3.05, 3.63) is 82.9 Å². The Kier molecular flexibility index (Phi) is 8.46. The fourth-order valence-corrected chi connectivity index (χ4v) is 6.08. The smallest absolute Gasteiger partial charge is 0.417 e. The van der Waals surface area contributed by atoms with Crippen molar-refractivity contribution in [2.75, 3.05) is 13.2 Å². The van der Waals surface area contributed by atoms with E-state index in [0.29, 0.717) is 11.1 Å². The van der Waals surface area contributed by atoms with Crippen LogP contribution in [0.3, 0.4) is 0 Å². The molecule has 10 heteroatoms. The second-order valence-electron chi connectivity index (χ2n) is 7.90. The van der Waals surface area contributed by atoms with Gasteiger partial charge in [0.2, 0.25) is 10.0 Å². The lowest BCUT2D eigenvalue weighted by atomic mass is 9.86. The van der Waals surface area contributed by atoms with Crippen molar-refractivity contribution in [1.29, 1.82) is 0 Å². The Morgan fingerprint density at radius 3 is 2.51 bits per heavy atom. The van der Waals surface area contributed by atoms with Gasteiger partial charge >= 0.3 is 12.1 Å². The van der Waals surface area contributed by atoms with Gasteiger partial charge in [0.05, 0.1) is 34.6 Å². The predicted octanol–water partition coefficient (Wildman–Crippen LogP) is 6.10. The fourth-order valence-electron chi connectivity index (χ4n) is 4.20. The van der Waals surface area contributed by atoms with Gasteiger partial charge in [-0.05, 0) is 60.7 Å². The summed E-state index contributed by atoms with van der Waals surface area (Å²) in [5.74, 6) is -0.599. The van der Waals surface area contributed by atoms with Gasteiger partial charge in [0.1, 0.15) is 0 Å². The standard InChI is InChI=1S/C25H25ClF3NO4S/c1-3-8-23-20(16-24(31)34-4-2)19(17-11-12-22(26)21(15-17)25(27,28)29)13-14-30(23)35(32,33)18-9-6-5-7-10-18/h3,5-7,9-12,15,23H,1,4,8,13-14,16H2,2H3. The molecule has 0 N–H and O–H groups in total. The van der Waals surface area contributed by atoms with E-state index in [0.717, 1.165) is 12.1 Å². The largest absolute Gasteiger partial charge is 0.466 e. The maximum absolute atomic E-state index is 13.5. The number of hydrogen-bond donors (Lipinski definition) is 0. The molecule has 2 aromatic carbocycles. The van der Waals surface area contributed by atoms with Crippen LogP contribution in [0.15, 0.2) is 71.7 Å². The zero-order chi connectivity index (χ0) is 25.8. The quantitative estimate of drug-likeness (QED) is 0.307. The van der Waals surface area contributed by atoms with Crippen LogP contribution >= 0.6 is 11.6 Å². The first-order valence-electron chi connectivity index (χ1n) is 10.9. The summed E-state index contributed by atoms with van der Waals surface area (Å²) in [6.07, 6.45) is -3.16. The second-order valence-corrected chi connectivity index (χ2v) is 10.2. The van der Waals surface area contributed by atoms with E-state index in [1.165, 1.54) is 28.6 Å². The molecular formula is C25H25ClF3NO4S. The summed E-state index contributed by atoms with van der Waals surface area (Å²) in [6, 6.07) is 10.6. The topological polar surface area (TPSA) is 63.7 Å². The van der Waals surface area contributed by atoms with Crippen LogP contribution in [0.1, 0.15) is 37.3 Å². The Labute approximate surface area is 207 Å². The van der Waals surface area contributed by atoms with Crippen LogP contribution in [0.5, 0.6) is 0 Å². The number of alkyl halides is 3. The SMILES string of the molecule is C=CCC1C(CC(=O)OCC)=C(c2ccc(Cl)c(C(F)(F)F)c2)CCN1S(=O)(=O)c1ccccc1. The minimum atomic E-state index is -4.67. The third-order valence-electron chi connectivity index (χ3n) is 5.72. The second kappa shape index (κ2) is 11.0. The number of nitrogens with zero attached hydrogens (tertiary/aromatic N) is 1. The number of carbonyl (C=O) groups excluding carboxylic acids is 1. The average molecular weight is 528 g/mol. The number of sulfonamides is 1. The van der Waals surface area contributed by atoms with Crippen LogP contribution in [0, 0.1) is 0 Å². The molecule has 0 amide bonds. The van der Waals surface area contributed by atoms with Gasteiger partial charge in [-0.2, -0.15) is 17.5 Å². The van der Waals surface area contributed by atoms with Crippen molar-refractivity contribution in [1.82, 2.24) is 4.31 Å². The fraction of sp³-hybridized carbons (Fsp3) is 0.320. The van der Waals surface area contributed by atoms with Gasteiger partial charge in [-0.25, -0.2) is 8.42 Å². The molecule has 0 fully saturated rings. The van der Waals surface area contributed by atoms with Crippen molar-refractivity contribution in [2.45, 2.75) is 43.3 Å². The number of halogens is 4. The van der Waals surface area contributed by atoms with E-state index in [2.05, 4.69) is 6.58 Å². The Bertz CT molecular complexity index is 1230. The Morgan fingerprint density at radius 1 is 1.23 bits per heavy atom. The highest BCUT2D eigenvalue weighted by molar-refractivity contribution is 7.89. The van der Waals surface area contributed by atoms with Gasteiger partial charge in [0.25, 0.3) is 0 Å². The van der Waals surface area contributed by atoms with Crippen molar-refractivity contribution >= 4 is 33.2 Å². The van der Waals surface area contributed by atoms with Crippen LogP contribution in [0.2, 0.25) is 5.02 Å². The van der Waals surface area contributed by atoms with E-state index in [1.54, 1.807) is 25.1 Å². The van der Waals surface area contributed by atoms with E-state index in [4.69, 9.17) is 16.3 Å². The summed E-state index contributed by atoms with van der Waals surface area (Å²) in [5, 5.41) is -0.444. The summed E-state index contributed by atoms with van der Waals surface area (Å²) in [7, 11) is -3.96. The molecule has 1 aliphatic heterocycles. The summed E-state index contributed by atoms with van der Waals surface area (Å²) in [6.45, 7) is 5.48. The molecule has 1 unspecified atom stereocenters. The predicted molar refractivity (Wildman–Crippen MR) is 128 cm³/mol. The third kappa shape index (κ3) is 5.97. The van der Waals surface area contributed by atoms with Crippen molar-refractivity contribution in [2.24, 2.45) is 0 Å². The van der Waals surface area contributed by atoms with Crippen LogP contribution in [-0.4, -0.2) is 37.9 Å². The lowest BCUT2D eigenvalue weighted by Gasteiger charge is -2.38. The molecule has 1 atom stereocenters. The van der Waals surface area contributed by atoms with E-state index in [9.17, 15) is 26.4 Å². The molecule has 188 valence electrons. The lowest BCUT2D eigenvalue weighted by molar-refractivity contribution is -0.142. The van der Waals surface area contributed by atoms with Gasteiger partial charge in [-0.1, -0.05) is 41.9 Å². The highest BCUT2D eigenvalue weighted by Crippen LogP contribution is 2.41.